The Balaban J connectivity index is -0.00000144. The molecular formula is C12H28Cl2N4O2. The van der Waals surface area contributed by atoms with E-state index in [1.54, 1.807) is 0 Å². The number of hydrogen-bond acceptors (Lipinski definition) is 2. The van der Waals surface area contributed by atoms with Gasteiger partial charge in [-0.3, -0.25) is 9.59 Å². The summed E-state index contributed by atoms with van der Waals surface area (Å²) in [6, 6.07) is 0. The largest absolute Gasteiger partial charge is 1.00 e. The number of nitrogens with zero attached hydrogens (tertiary/aromatic N) is 2. The smallest absolute Gasteiger partial charge is 0.275 e. The van der Waals surface area contributed by atoms with Gasteiger partial charge in [0.2, 0.25) is 5.91 Å². The van der Waals surface area contributed by atoms with Crippen LogP contribution in [0.15, 0.2) is 0 Å². The second kappa shape index (κ2) is 10.2. The average molecular weight is 331 g/mol. The molecule has 0 heterocycles. The van der Waals surface area contributed by atoms with E-state index in [1.165, 1.54) is 0 Å². The molecule has 0 saturated carbocycles. The highest BCUT2D eigenvalue weighted by Gasteiger charge is 2.15. The first-order valence-corrected chi connectivity index (χ1v) is 6.14. The first kappa shape index (κ1) is 24.5. The summed E-state index contributed by atoms with van der Waals surface area (Å²) in [6.07, 6.45) is 0. The molecule has 0 aromatic rings. The van der Waals surface area contributed by atoms with Crippen molar-refractivity contribution in [1.82, 2.24) is 10.6 Å². The molecule has 0 aromatic carbocycles. The number of halogens is 2. The van der Waals surface area contributed by atoms with E-state index in [0.29, 0.717) is 17.6 Å². The van der Waals surface area contributed by atoms with Gasteiger partial charge in [-0.05, 0) is 0 Å². The molecule has 0 aliphatic rings. The number of likely N-dealkylation sites (N-methyl/N-ethyl adjacent to an activating group) is 2. The maximum absolute atomic E-state index is 11.5. The third kappa shape index (κ3) is 17.4. The lowest BCUT2D eigenvalue weighted by Crippen LogP contribution is -3.00. The number of amides is 2. The van der Waals surface area contributed by atoms with Crippen molar-refractivity contribution in [2.24, 2.45) is 0 Å². The van der Waals surface area contributed by atoms with Crippen LogP contribution in [0, 0.1) is 0 Å². The Bertz CT molecular complexity index is 299. The predicted octanol–water partition coefficient (Wildman–Crippen LogP) is -7.36. The Labute approximate surface area is 134 Å². The number of quaternary nitrogens is 2. The van der Waals surface area contributed by atoms with Crippen LogP contribution in [-0.4, -0.2) is 89.2 Å². The van der Waals surface area contributed by atoms with Crippen LogP contribution in [0.1, 0.15) is 0 Å². The van der Waals surface area contributed by atoms with Crippen molar-refractivity contribution in [2.75, 3.05) is 68.5 Å². The van der Waals surface area contributed by atoms with Crippen molar-refractivity contribution < 1.29 is 43.4 Å². The second-order valence-corrected chi connectivity index (χ2v) is 6.59. The van der Waals surface area contributed by atoms with Crippen molar-refractivity contribution in [1.29, 1.82) is 0 Å². The van der Waals surface area contributed by atoms with Gasteiger partial charge in [-0.1, -0.05) is 0 Å². The average Bonchev–Trinajstić information content (AvgIpc) is 2.09. The van der Waals surface area contributed by atoms with Crippen molar-refractivity contribution in [2.45, 2.75) is 0 Å². The maximum atomic E-state index is 11.5. The van der Waals surface area contributed by atoms with Gasteiger partial charge in [0.15, 0.2) is 6.54 Å². The summed E-state index contributed by atoms with van der Waals surface area (Å²) in [6.45, 7) is 1.90. The lowest BCUT2D eigenvalue weighted by molar-refractivity contribution is -0.869. The van der Waals surface area contributed by atoms with Gasteiger partial charge >= 0.3 is 0 Å². The SMILES string of the molecule is C[N+](C)(C)CCNC(=O)CNC(=O)C[N+](C)(C)C.[Cl-].[Cl-]. The maximum Gasteiger partial charge on any atom is 0.275 e. The first-order chi connectivity index (χ1) is 7.99. The van der Waals surface area contributed by atoms with Crippen molar-refractivity contribution in [3.05, 3.63) is 0 Å². The Morgan fingerprint density at radius 1 is 0.800 bits per heavy atom. The molecule has 8 heteroatoms. The Morgan fingerprint density at radius 2 is 1.30 bits per heavy atom. The van der Waals surface area contributed by atoms with Crippen LogP contribution in [0.5, 0.6) is 0 Å². The van der Waals surface area contributed by atoms with Crippen LogP contribution in [0.4, 0.5) is 0 Å². The lowest BCUT2D eigenvalue weighted by Gasteiger charge is -2.24. The number of hydrogen-bond donors (Lipinski definition) is 2. The summed E-state index contributed by atoms with van der Waals surface area (Å²) in [4.78, 5) is 22.9. The molecule has 0 unspecified atom stereocenters. The van der Waals surface area contributed by atoms with Gasteiger partial charge in [0.05, 0.1) is 61.9 Å². The number of carbonyl (C=O) groups is 2. The van der Waals surface area contributed by atoms with E-state index in [4.69, 9.17) is 0 Å². The highest BCUT2D eigenvalue weighted by atomic mass is 35.5. The minimum absolute atomic E-state index is 0. The summed E-state index contributed by atoms with van der Waals surface area (Å²) in [5.41, 5.74) is 0. The zero-order valence-electron chi connectivity index (χ0n) is 13.3. The molecule has 0 rings (SSSR count). The Kier molecular flexibility index (Phi) is 12.5. The summed E-state index contributed by atoms with van der Waals surface area (Å²) < 4.78 is 1.35. The number of carbonyl (C=O) groups excluding carboxylic acids is 2. The Hall–Kier alpha value is -0.560. The predicted molar refractivity (Wildman–Crippen MR) is 71.8 cm³/mol. The van der Waals surface area contributed by atoms with Gasteiger partial charge in [0.1, 0.15) is 0 Å². The summed E-state index contributed by atoms with van der Waals surface area (Å²) >= 11 is 0. The molecule has 6 nitrogen and oxygen atoms in total. The molecule has 0 aromatic heterocycles. The quantitative estimate of drug-likeness (QED) is 0.456. The fourth-order valence-corrected chi connectivity index (χ4v) is 1.26. The van der Waals surface area contributed by atoms with Crippen LogP contribution >= 0.6 is 0 Å². The monoisotopic (exact) mass is 330 g/mol. The summed E-state index contributed by atoms with van der Waals surface area (Å²) in [7, 11) is 12.0. The van der Waals surface area contributed by atoms with E-state index in [0.717, 1.165) is 11.0 Å². The summed E-state index contributed by atoms with van der Waals surface area (Å²) in [5, 5.41) is 5.40. The van der Waals surface area contributed by atoms with Gasteiger partial charge in [-0.15, -0.1) is 0 Å². The lowest BCUT2D eigenvalue weighted by atomic mass is 10.4. The molecule has 0 saturated heterocycles. The number of rotatable bonds is 7. The number of nitrogens with one attached hydrogen (secondary N) is 2. The summed E-state index contributed by atoms with van der Waals surface area (Å²) in [5.74, 6) is -0.248. The molecule has 0 bridgehead atoms. The third-order valence-electron chi connectivity index (χ3n) is 2.17. The Morgan fingerprint density at radius 3 is 1.70 bits per heavy atom. The third-order valence-corrected chi connectivity index (χ3v) is 2.17. The van der Waals surface area contributed by atoms with Gasteiger partial charge < -0.3 is 44.4 Å². The van der Waals surface area contributed by atoms with Crippen molar-refractivity contribution >= 4 is 11.8 Å². The van der Waals surface area contributed by atoms with Gasteiger partial charge in [0, 0.05) is 0 Å². The molecule has 0 radical (unpaired) electrons. The molecule has 0 aliphatic carbocycles. The first-order valence-electron chi connectivity index (χ1n) is 6.14. The van der Waals surface area contributed by atoms with Gasteiger partial charge in [0.25, 0.3) is 5.91 Å². The second-order valence-electron chi connectivity index (χ2n) is 6.59. The van der Waals surface area contributed by atoms with Crippen LogP contribution in [0.2, 0.25) is 0 Å². The van der Waals surface area contributed by atoms with E-state index < -0.39 is 0 Å². The van der Waals surface area contributed by atoms with Crippen molar-refractivity contribution in [3.63, 3.8) is 0 Å². The van der Waals surface area contributed by atoms with Crippen LogP contribution < -0.4 is 35.4 Å². The molecule has 122 valence electrons. The fraction of sp³-hybridized carbons (Fsp3) is 0.833. The van der Waals surface area contributed by atoms with Gasteiger partial charge in [-0.25, -0.2) is 0 Å². The molecule has 20 heavy (non-hydrogen) atoms. The van der Waals surface area contributed by atoms with E-state index in [-0.39, 0.29) is 43.2 Å². The van der Waals surface area contributed by atoms with E-state index in [1.807, 2.05) is 21.1 Å². The van der Waals surface area contributed by atoms with E-state index >= 15 is 0 Å². The van der Waals surface area contributed by atoms with Crippen LogP contribution in [0.25, 0.3) is 0 Å². The minimum Gasteiger partial charge on any atom is -1.00 e. The standard InChI is InChI=1S/C12H26N4O2.2ClH/c1-15(2,3)8-7-13-11(17)9-14-12(18)10-16(4,5)6;;/h7-10H2,1-6H3;2*1H. The molecule has 2 amide bonds. The molecule has 0 atom stereocenters. The van der Waals surface area contributed by atoms with Crippen LogP contribution in [0.3, 0.4) is 0 Å². The zero-order valence-corrected chi connectivity index (χ0v) is 14.8. The molecule has 2 N–H and O–H groups in total. The minimum atomic E-state index is -0.141. The highest BCUT2D eigenvalue weighted by molar-refractivity contribution is 5.85. The molecular weight excluding hydrogens is 303 g/mol. The van der Waals surface area contributed by atoms with E-state index in [9.17, 15) is 9.59 Å². The normalized spacial score (nSPS) is 10.9. The highest BCUT2D eigenvalue weighted by Crippen LogP contribution is 1.88. The molecule has 0 aliphatic heterocycles. The van der Waals surface area contributed by atoms with E-state index in [2.05, 4.69) is 31.8 Å². The zero-order chi connectivity index (χ0) is 14.4. The molecule has 0 fully saturated rings. The van der Waals surface area contributed by atoms with Gasteiger partial charge in [-0.2, -0.15) is 0 Å². The van der Waals surface area contributed by atoms with Crippen molar-refractivity contribution in [3.8, 4) is 0 Å². The fourth-order valence-electron chi connectivity index (χ4n) is 1.26. The topological polar surface area (TPSA) is 58.2 Å². The van der Waals surface area contributed by atoms with Crippen LogP contribution in [-0.2, 0) is 9.59 Å². The molecule has 0 spiro atoms.